The number of carboxylic acid groups (broad SMARTS) is 1. The van der Waals surface area contributed by atoms with E-state index in [2.05, 4.69) is 38.3 Å². The van der Waals surface area contributed by atoms with E-state index in [1.54, 1.807) is 0 Å². The van der Waals surface area contributed by atoms with Gasteiger partial charge in [0.2, 0.25) is 0 Å². The zero-order valence-corrected chi connectivity index (χ0v) is 23.2. The number of hydrogen-bond acceptors (Lipinski definition) is 3. The molecule has 204 valence electrons. The Balaban J connectivity index is 1.75. The highest BCUT2D eigenvalue weighted by atomic mass is 16.6. The molecule has 1 aliphatic rings. The molecule has 0 saturated heterocycles. The second-order valence-electron chi connectivity index (χ2n) is 12.0. The molecule has 1 aromatic carbocycles. The van der Waals surface area contributed by atoms with Gasteiger partial charge in [-0.15, -0.1) is 0 Å². The van der Waals surface area contributed by atoms with Crippen molar-refractivity contribution in [3.63, 3.8) is 0 Å². The van der Waals surface area contributed by atoms with Gasteiger partial charge in [0.05, 0.1) is 0 Å². The van der Waals surface area contributed by atoms with E-state index in [0.29, 0.717) is 18.7 Å². The van der Waals surface area contributed by atoms with Crippen LogP contribution in [-0.4, -0.2) is 29.9 Å². The van der Waals surface area contributed by atoms with Crippen molar-refractivity contribution in [3.8, 4) is 5.75 Å². The smallest absolute Gasteiger partial charge is 0.412 e. The molecule has 6 heteroatoms. The van der Waals surface area contributed by atoms with Gasteiger partial charge in [-0.3, -0.25) is 0 Å². The number of rotatable bonds is 15. The Morgan fingerprint density at radius 1 is 0.944 bits per heavy atom. The summed E-state index contributed by atoms with van der Waals surface area (Å²) >= 11 is 0. The molecule has 0 heterocycles. The van der Waals surface area contributed by atoms with Gasteiger partial charge in [-0.1, -0.05) is 104 Å². The van der Waals surface area contributed by atoms with Crippen molar-refractivity contribution in [3.05, 3.63) is 29.8 Å². The lowest BCUT2D eigenvalue weighted by molar-refractivity contribution is 0.0695. The number of para-hydroxylation sites is 1. The van der Waals surface area contributed by atoms with E-state index in [1.165, 1.54) is 57.8 Å². The van der Waals surface area contributed by atoms with Crippen LogP contribution in [0.25, 0.3) is 0 Å². The lowest BCUT2D eigenvalue weighted by Gasteiger charge is -2.46. The van der Waals surface area contributed by atoms with Crippen molar-refractivity contribution in [2.75, 3.05) is 6.54 Å². The van der Waals surface area contributed by atoms with Gasteiger partial charge in [-0.2, -0.15) is 0 Å². The second-order valence-corrected chi connectivity index (χ2v) is 12.0. The Bertz CT molecular complexity index is 810. The third-order valence-electron chi connectivity index (χ3n) is 7.41. The quantitative estimate of drug-likeness (QED) is 0.211. The normalized spacial score (nSPS) is 21.1. The molecule has 0 aromatic heterocycles. The minimum atomic E-state index is -0.994. The number of amides is 2. The van der Waals surface area contributed by atoms with Crippen LogP contribution in [0.2, 0.25) is 0 Å². The average molecular weight is 503 g/mol. The first-order valence-corrected chi connectivity index (χ1v) is 14.2. The van der Waals surface area contributed by atoms with Crippen molar-refractivity contribution < 1.29 is 19.4 Å². The highest BCUT2D eigenvalue weighted by Gasteiger charge is 2.42. The van der Waals surface area contributed by atoms with Crippen molar-refractivity contribution in [1.29, 1.82) is 0 Å². The molecule has 6 nitrogen and oxygen atoms in total. The van der Waals surface area contributed by atoms with E-state index < -0.39 is 12.2 Å². The Morgan fingerprint density at radius 2 is 1.56 bits per heavy atom. The molecule has 0 bridgehead atoms. The minimum absolute atomic E-state index is 0.00659. The molecule has 0 aliphatic heterocycles. The average Bonchev–Trinajstić information content (AvgIpc) is 2.78. The van der Waals surface area contributed by atoms with Gasteiger partial charge in [0.1, 0.15) is 5.75 Å². The molecular formula is C30H50N2O4. The van der Waals surface area contributed by atoms with Gasteiger partial charge >= 0.3 is 12.2 Å². The number of nitrogens with one attached hydrogen (secondary N) is 2. The van der Waals surface area contributed by atoms with Crippen LogP contribution in [-0.2, 0) is 6.42 Å². The zero-order chi connectivity index (χ0) is 26.4. The first-order valence-electron chi connectivity index (χ1n) is 14.2. The SMILES string of the molecule is CCCCCCCCCCCCc1ccccc1OC(=O)NCC1(C)CC(NC(=O)O)CC(C)(C)C1. The molecule has 0 radical (unpaired) electrons. The van der Waals surface area contributed by atoms with Crippen LogP contribution in [0.4, 0.5) is 9.59 Å². The van der Waals surface area contributed by atoms with E-state index in [0.717, 1.165) is 31.2 Å². The maximum Gasteiger partial charge on any atom is 0.412 e. The van der Waals surface area contributed by atoms with E-state index in [-0.39, 0.29) is 16.9 Å². The maximum atomic E-state index is 12.7. The van der Waals surface area contributed by atoms with Crippen LogP contribution >= 0.6 is 0 Å². The summed E-state index contributed by atoms with van der Waals surface area (Å²) in [6.45, 7) is 9.13. The largest absolute Gasteiger partial charge is 0.465 e. The van der Waals surface area contributed by atoms with E-state index in [9.17, 15) is 9.59 Å². The van der Waals surface area contributed by atoms with Crippen LogP contribution in [0.1, 0.15) is 117 Å². The zero-order valence-electron chi connectivity index (χ0n) is 23.2. The fourth-order valence-electron chi connectivity index (χ4n) is 6.08. The van der Waals surface area contributed by atoms with Gasteiger partial charge in [0.25, 0.3) is 0 Å². The molecule has 1 aromatic rings. The third kappa shape index (κ3) is 11.7. The summed E-state index contributed by atoms with van der Waals surface area (Å²) in [5.41, 5.74) is 0.861. The molecule has 1 fully saturated rings. The first kappa shape index (κ1) is 30.0. The summed E-state index contributed by atoms with van der Waals surface area (Å²) in [4.78, 5) is 23.8. The van der Waals surface area contributed by atoms with Gasteiger partial charge in [0.15, 0.2) is 0 Å². The van der Waals surface area contributed by atoms with E-state index in [4.69, 9.17) is 9.84 Å². The number of carbonyl (C=O) groups is 2. The van der Waals surface area contributed by atoms with Crippen LogP contribution in [0.15, 0.2) is 24.3 Å². The highest BCUT2D eigenvalue weighted by Crippen LogP contribution is 2.45. The number of carbonyl (C=O) groups excluding carboxylic acids is 1. The molecule has 36 heavy (non-hydrogen) atoms. The fourth-order valence-corrected chi connectivity index (χ4v) is 6.08. The van der Waals surface area contributed by atoms with Crippen LogP contribution in [0.3, 0.4) is 0 Å². The van der Waals surface area contributed by atoms with Crippen LogP contribution < -0.4 is 15.4 Å². The highest BCUT2D eigenvalue weighted by molar-refractivity contribution is 5.71. The first-order chi connectivity index (χ1) is 17.1. The number of ether oxygens (including phenoxy) is 1. The number of unbranched alkanes of at least 4 members (excludes halogenated alkanes) is 9. The molecule has 1 saturated carbocycles. The summed E-state index contributed by atoms with van der Waals surface area (Å²) in [6.07, 6.45) is 14.9. The Kier molecular flexibility index (Phi) is 12.6. The minimum Gasteiger partial charge on any atom is -0.465 e. The standard InChI is InChI=1S/C30H50N2O4/c1-5-6-7-8-9-10-11-12-13-14-17-24-18-15-16-19-26(24)36-28(35)31-23-30(4)21-25(32-27(33)34)20-29(2,3)22-30/h15-16,18-19,25,32H,5-14,17,20-23H2,1-4H3,(H,31,35)(H,33,34). The lowest BCUT2D eigenvalue weighted by atomic mass is 9.62. The van der Waals surface area contributed by atoms with Gasteiger partial charge in [0, 0.05) is 12.6 Å². The second kappa shape index (κ2) is 15.1. The van der Waals surface area contributed by atoms with Gasteiger partial charge < -0.3 is 20.5 Å². The lowest BCUT2D eigenvalue weighted by Crippen LogP contribution is -2.50. The van der Waals surface area contributed by atoms with Crippen LogP contribution in [0, 0.1) is 10.8 Å². The molecule has 2 rings (SSSR count). The predicted molar refractivity (Wildman–Crippen MR) is 147 cm³/mol. The maximum absolute atomic E-state index is 12.7. The van der Waals surface area contributed by atoms with Crippen molar-refractivity contribution in [2.45, 2.75) is 124 Å². The molecule has 0 spiro atoms. The molecular weight excluding hydrogens is 452 g/mol. The topological polar surface area (TPSA) is 87.7 Å². The Hall–Kier alpha value is -2.24. The summed E-state index contributed by atoms with van der Waals surface area (Å²) in [6, 6.07) is 7.69. The molecule has 1 aliphatic carbocycles. The van der Waals surface area contributed by atoms with E-state index >= 15 is 0 Å². The summed E-state index contributed by atoms with van der Waals surface area (Å²) in [7, 11) is 0. The third-order valence-corrected chi connectivity index (χ3v) is 7.41. The summed E-state index contributed by atoms with van der Waals surface area (Å²) in [5, 5.41) is 14.8. The monoisotopic (exact) mass is 502 g/mol. The van der Waals surface area contributed by atoms with Crippen LogP contribution in [0.5, 0.6) is 5.75 Å². The summed E-state index contributed by atoms with van der Waals surface area (Å²) < 4.78 is 5.71. The Labute approximate surface area is 219 Å². The van der Waals surface area contributed by atoms with E-state index in [1.807, 2.05) is 24.3 Å². The predicted octanol–water partition coefficient (Wildman–Crippen LogP) is 8.09. The number of aryl methyl sites for hydroxylation is 1. The number of benzene rings is 1. The van der Waals surface area contributed by atoms with Crippen molar-refractivity contribution >= 4 is 12.2 Å². The van der Waals surface area contributed by atoms with Gasteiger partial charge in [-0.25, -0.2) is 9.59 Å². The molecule has 3 N–H and O–H groups in total. The molecule has 2 atom stereocenters. The molecule has 2 amide bonds. The Morgan fingerprint density at radius 3 is 2.19 bits per heavy atom. The number of hydrogen-bond donors (Lipinski definition) is 3. The molecule has 2 unspecified atom stereocenters. The fraction of sp³-hybridized carbons (Fsp3) is 0.733. The van der Waals surface area contributed by atoms with Crippen molar-refractivity contribution in [1.82, 2.24) is 10.6 Å². The summed E-state index contributed by atoms with van der Waals surface area (Å²) in [5.74, 6) is 0.630. The van der Waals surface area contributed by atoms with Crippen molar-refractivity contribution in [2.24, 2.45) is 10.8 Å². The van der Waals surface area contributed by atoms with Gasteiger partial charge in [-0.05, 0) is 54.6 Å².